The van der Waals surface area contributed by atoms with Crippen molar-refractivity contribution in [3.8, 4) is 0 Å². The van der Waals surface area contributed by atoms with Crippen LogP contribution in [-0.2, 0) is 0 Å². The van der Waals surface area contributed by atoms with E-state index in [1.165, 1.54) is 6.20 Å². The summed E-state index contributed by atoms with van der Waals surface area (Å²) >= 11 is 0. The lowest BCUT2D eigenvalue weighted by Crippen LogP contribution is -1.95. The molecule has 0 aliphatic carbocycles. The van der Waals surface area contributed by atoms with Crippen LogP contribution in [0.15, 0.2) is 12.3 Å². The number of hydrogen-bond donors (Lipinski definition) is 0. The van der Waals surface area contributed by atoms with Crippen molar-refractivity contribution >= 4 is 0 Å². The van der Waals surface area contributed by atoms with Crippen molar-refractivity contribution in [2.24, 2.45) is 0 Å². The Morgan fingerprint density at radius 3 is 2.45 bits per heavy atom. The zero-order valence-electron chi connectivity index (χ0n) is 6.44. The van der Waals surface area contributed by atoms with Gasteiger partial charge in [0.15, 0.2) is 0 Å². The Kier molecular flexibility index (Phi) is 2.17. The van der Waals surface area contributed by atoms with Gasteiger partial charge in [-0.05, 0) is 31.0 Å². The lowest BCUT2D eigenvalue weighted by atomic mass is 10.1. The zero-order valence-corrected chi connectivity index (χ0v) is 6.44. The maximum Gasteiger partial charge on any atom is 0.280 e. The molecule has 0 saturated carbocycles. The van der Waals surface area contributed by atoms with Gasteiger partial charge in [-0.2, -0.15) is 0 Å². The topological polar surface area (TPSA) is 12.9 Å². The first-order chi connectivity index (χ1) is 5.13. The highest BCUT2D eigenvalue weighted by Crippen LogP contribution is 2.21. The van der Waals surface area contributed by atoms with Gasteiger partial charge in [-0.15, -0.1) is 0 Å². The lowest BCUT2D eigenvalue weighted by Gasteiger charge is -2.04. The van der Waals surface area contributed by atoms with E-state index in [9.17, 15) is 8.78 Å². The van der Waals surface area contributed by atoms with E-state index in [0.717, 1.165) is 5.56 Å². The van der Waals surface area contributed by atoms with E-state index in [1.807, 2.05) is 0 Å². The van der Waals surface area contributed by atoms with Crippen LogP contribution in [0, 0.1) is 13.8 Å². The third-order valence-corrected chi connectivity index (χ3v) is 1.72. The van der Waals surface area contributed by atoms with Crippen LogP contribution in [0.1, 0.15) is 23.2 Å². The molecule has 0 fully saturated rings. The molecule has 0 aliphatic heterocycles. The molecule has 0 bridgehead atoms. The molecule has 0 unspecified atom stereocenters. The number of hydrogen-bond acceptors (Lipinski definition) is 1. The number of nitrogens with zero attached hydrogens (tertiary/aromatic N) is 1. The predicted octanol–water partition coefficient (Wildman–Crippen LogP) is 2.64. The minimum atomic E-state index is -2.46. The van der Waals surface area contributed by atoms with Crippen molar-refractivity contribution in [1.29, 1.82) is 0 Å². The highest BCUT2D eigenvalue weighted by molar-refractivity contribution is 5.27. The van der Waals surface area contributed by atoms with Gasteiger partial charge in [-0.25, -0.2) is 8.78 Å². The average Bonchev–Trinajstić information content (AvgIpc) is 1.94. The molecule has 1 nitrogen and oxygen atoms in total. The fourth-order valence-electron chi connectivity index (χ4n) is 0.873. The molecule has 0 saturated heterocycles. The van der Waals surface area contributed by atoms with Gasteiger partial charge in [0.1, 0.15) is 5.69 Å². The van der Waals surface area contributed by atoms with Crippen molar-refractivity contribution in [3.63, 3.8) is 0 Å². The highest BCUT2D eigenvalue weighted by Gasteiger charge is 2.12. The van der Waals surface area contributed by atoms with Crippen molar-refractivity contribution in [3.05, 3.63) is 29.1 Å². The van der Waals surface area contributed by atoms with Gasteiger partial charge in [0.05, 0.1) is 0 Å². The average molecular weight is 157 g/mol. The van der Waals surface area contributed by atoms with Gasteiger partial charge in [-0.3, -0.25) is 4.98 Å². The minimum Gasteiger partial charge on any atom is -0.255 e. The second-order valence-corrected chi connectivity index (χ2v) is 2.44. The summed E-state index contributed by atoms with van der Waals surface area (Å²) in [5.74, 6) is 0. The van der Waals surface area contributed by atoms with Crippen molar-refractivity contribution in [2.45, 2.75) is 20.3 Å². The summed E-state index contributed by atoms with van der Waals surface area (Å²) in [7, 11) is 0. The zero-order chi connectivity index (χ0) is 8.43. The highest BCUT2D eigenvalue weighted by atomic mass is 19.3. The first-order valence-corrected chi connectivity index (χ1v) is 3.33. The maximum absolute atomic E-state index is 12.1. The molecule has 3 heteroatoms. The second kappa shape index (κ2) is 2.95. The summed E-state index contributed by atoms with van der Waals surface area (Å²) < 4.78 is 24.3. The molecule has 11 heavy (non-hydrogen) atoms. The molecular formula is C8H9F2N. The second-order valence-electron chi connectivity index (χ2n) is 2.44. The fourth-order valence-corrected chi connectivity index (χ4v) is 0.873. The molecule has 1 rings (SSSR count). The van der Waals surface area contributed by atoms with Gasteiger partial charge in [0.25, 0.3) is 6.43 Å². The van der Waals surface area contributed by atoms with Crippen molar-refractivity contribution < 1.29 is 8.78 Å². The van der Waals surface area contributed by atoms with Crippen molar-refractivity contribution in [1.82, 2.24) is 4.98 Å². The number of aryl methyl sites for hydroxylation is 1. The SMILES string of the molecule is Cc1ccnc(C(F)F)c1C. The van der Waals surface area contributed by atoms with Crippen LogP contribution >= 0.6 is 0 Å². The summed E-state index contributed by atoms with van der Waals surface area (Å²) in [6.07, 6.45) is -1.06. The van der Waals surface area contributed by atoms with Gasteiger partial charge < -0.3 is 0 Å². The van der Waals surface area contributed by atoms with E-state index in [4.69, 9.17) is 0 Å². The first kappa shape index (κ1) is 8.11. The van der Waals surface area contributed by atoms with Gasteiger partial charge >= 0.3 is 0 Å². The van der Waals surface area contributed by atoms with E-state index in [1.54, 1.807) is 19.9 Å². The van der Waals surface area contributed by atoms with Gasteiger partial charge in [-0.1, -0.05) is 0 Å². The Labute approximate surface area is 64.1 Å². The number of rotatable bonds is 1. The van der Waals surface area contributed by atoms with E-state index in [0.29, 0.717) is 5.56 Å². The van der Waals surface area contributed by atoms with E-state index >= 15 is 0 Å². The summed E-state index contributed by atoms with van der Waals surface area (Å²) in [6, 6.07) is 1.72. The molecule has 0 aliphatic rings. The van der Waals surface area contributed by atoms with E-state index in [-0.39, 0.29) is 5.69 Å². The normalized spacial score (nSPS) is 10.6. The Hall–Kier alpha value is -0.990. The quantitative estimate of drug-likeness (QED) is 0.610. The van der Waals surface area contributed by atoms with Crippen LogP contribution in [0.2, 0.25) is 0 Å². The largest absolute Gasteiger partial charge is 0.280 e. The third kappa shape index (κ3) is 1.53. The van der Waals surface area contributed by atoms with Crippen LogP contribution in [0.4, 0.5) is 8.78 Å². The molecule has 0 amide bonds. The van der Waals surface area contributed by atoms with Crippen molar-refractivity contribution in [2.75, 3.05) is 0 Å². The Bertz CT molecular complexity index is 258. The number of alkyl halides is 2. The smallest absolute Gasteiger partial charge is 0.255 e. The molecule has 0 radical (unpaired) electrons. The summed E-state index contributed by atoms with van der Waals surface area (Å²) in [5, 5.41) is 0. The number of pyridine rings is 1. The monoisotopic (exact) mass is 157 g/mol. The molecule has 0 spiro atoms. The van der Waals surface area contributed by atoms with E-state index < -0.39 is 6.43 Å². The van der Waals surface area contributed by atoms with Gasteiger partial charge in [0.2, 0.25) is 0 Å². The molecule has 1 aromatic rings. The molecule has 60 valence electrons. The summed E-state index contributed by atoms with van der Waals surface area (Å²) in [6.45, 7) is 3.45. The summed E-state index contributed by atoms with van der Waals surface area (Å²) in [4.78, 5) is 3.59. The maximum atomic E-state index is 12.1. The molecule has 0 aromatic carbocycles. The fraction of sp³-hybridized carbons (Fsp3) is 0.375. The van der Waals surface area contributed by atoms with Crippen LogP contribution in [0.25, 0.3) is 0 Å². The number of halogens is 2. The standard InChI is InChI=1S/C8H9F2N/c1-5-3-4-11-7(6(5)2)8(9)10/h3-4,8H,1-2H3. The molecule has 0 N–H and O–H groups in total. The van der Waals surface area contributed by atoms with Crippen LogP contribution in [-0.4, -0.2) is 4.98 Å². The van der Waals surface area contributed by atoms with Crippen LogP contribution < -0.4 is 0 Å². The summed E-state index contributed by atoms with van der Waals surface area (Å²) in [5.41, 5.74) is 1.34. The molecular weight excluding hydrogens is 148 g/mol. The number of aromatic nitrogens is 1. The van der Waals surface area contributed by atoms with Crippen LogP contribution in [0.3, 0.4) is 0 Å². The molecule has 1 aromatic heterocycles. The lowest BCUT2D eigenvalue weighted by molar-refractivity contribution is 0.145. The van der Waals surface area contributed by atoms with E-state index in [2.05, 4.69) is 4.98 Å². The Morgan fingerprint density at radius 2 is 2.00 bits per heavy atom. The molecule has 1 heterocycles. The first-order valence-electron chi connectivity index (χ1n) is 3.33. The third-order valence-electron chi connectivity index (χ3n) is 1.72. The Morgan fingerprint density at radius 1 is 1.36 bits per heavy atom. The predicted molar refractivity (Wildman–Crippen MR) is 38.7 cm³/mol. The van der Waals surface area contributed by atoms with Crippen LogP contribution in [0.5, 0.6) is 0 Å². The Balaban J connectivity index is 3.17. The van der Waals surface area contributed by atoms with Gasteiger partial charge in [0, 0.05) is 6.20 Å². The molecule has 0 atom stereocenters. The minimum absolute atomic E-state index is 0.106.